The Balaban J connectivity index is 1.64. The number of anilines is 2. The molecule has 2 fully saturated rings. The highest BCUT2D eigenvalue weighted by Gasteiger charge is 2.24. The summed E-state index contributed by atoms with van der Waals surface area (Å²) >= 11 is 0. The van der Waals surface area contributed by atoms with E-state index in [-0.39, 0.29) is 17.8 Å². The molecule has 2 aliphatic heterocycles. The Kier molecular flexibility index (Phi) is 4.87. The van der Waals surface area contributed by atoms with Crippen molar-refractivity contribution in [2.45, 2.75) is 19.4 Å². The van der Waals surface area contributed by atoms with Crippen LogP contribution in [-0.4, -0.2) is 65.2 Å². The Bertz CT molecular complexity index is 554. The molecule has 0 bridgehead atoms. The third-order valence-electron chi connectivity index (χ3n) is 4.34. The fraction of sp³-hybridized carbons (Fsp3) is 0.714. The minimum Gasteiger partial charge on any atom is -0.378 e. The second kappa shape index (κ2) is 7.05. The van der Waals surface area contributed by atoms with Gasteiger partial charge in [-0.2, -0.15) is 15.0 Å². The van der Waals surface area contributed by atoms with E-state index < -0.39 is 0 Å². The fourth-order valence-electron chi connectivity index (χ4n) is 2.98. The van der Waals surface area contributed by atoms with Gasteiger partial charge in [0.15, 0.2) is 0 Å². The first-order valence-corrected chi connectivity index (χ1v) is 7.96. The van der Waals surface area contributed by atoms with E-state index in [2.05, 4.69) is 24.8 Å². The number of rotatable bonds is 4. The molecule has 0 unspecified atom stereocenters. The summed E-state index contributed by atoms with van der Waals surface area (Å²) in [5.74, 6) is 1.30. The predicted octanol–water partition coefficient (Wildman–Crippen LogP) is -1.01. The molecule has 9 heteroatoms. The van der Waals surface area contributed by atoms with Crippen LogP contribution in [0.4, 0.5) is 11.9 Å². The molecule has 1 amide bonds. The number of nitrogen functional groups attached to an aromatic ring is 1. The average Bonchev–Trinajstić information content (AvgIpc) is 2.55. The minimum absolute atomic E-state index is 0.0152. The van der Waals surface area contributed by atoms with Crippen LogP contribution in [0.5, 0.6) is 0 Å². The summed E-state index contributed by atoms with van der Waals surface area (Å²) < 4.78 is 5.34. The normalized spacial score (nSPS) is 20.6. The highest BCUT2D eigenvalue weighted by molar-refractivity contribution is 5.76. The summed E-state index contributed by atoms with van der Waals surface area (Å²) in [5.41, 5.74) is 11.2. The van der Waals surface area contributed by atoms with E-state index in [0.29, 0.717) is 31.5 Å². The summed E-state index contributed by atoms with van der Waals surface area (Å²) in [5, 5.41) is 0. The number of nitrogens with zero attached hydrogens (tertiary/aromatic N) is 5. The van der Waals surface area contributed by atoms with Crippen LogP contribution in [0.25, 0.3) is 0 Å². The van der Waals surface area contributed by atoms with Crippen molar-refractivity contribution in [1.82, 2.24) is 19.9 Å². The molecule has 0 saturated carbocycles. The zero-order valence-electron chi connectivity index (χ0n) is 13.1. The lowest BCUT2D eigenvalue weighted by molar-refractivity contribution is -0.123. The van der Waals surface area contributed by atoms with Crippen LogP contribution in [0.3, 0.4) is 0 Å². The topological polar surface area (TPSA) is 123 Å². The number of carbonyl (C=O) groups is 1. The van der Waals surface area contributed by atoms with Gasteiger partial charge in [-0.1, -0.05) is 0 Å². The number of hydrogen-bond donors (Lipinski definition) is 2. The van der Waals surface area contributed by atoms with Gasteiger partial charge >= 0.3 is 0 Å². The first-order valence-electron chi connectivity index (χ1n) is 7.96. The molecule has 126 valence electrons. The van der Waals surface area contributed by atoms with Gasteiger partial charge in [0.2, 0.25) is 17.8 Å². The standard InChI is InChI=1S/C14H23N7O2/c15-12(22)10-1-3-20(4-2-10)9-11-17-13(16)19-14(18-11)21-5-7-23-8-6-21/h10H,1-9H2,(H2,15,22)(H2,16,17,18,19). The average molecular weight is 321 g/mol. The van der Waals surface area contributed by atoms with E-state index in [1.165, 1.54) is 0 Å². The first kappa shape index (κ1) is 15.9. The highest BCUT2D eigenvalue weighted by atomic mass is 16.5. The van der Waals surface area contributed by atoms with E-state index in [1.807, 2.05) is 0 Å². The second-order valence-electron chi connectivity index (χ2n) is 5.96. The largest absolute Gasteiger partial charge is 0.378 e. The van der Waals surface area contributed by atoms with Gasteiger partial charge in [-0.25, -0.2) is 0 Å². The third kappa shape index (κ3) is 4.05. The Morgan fingerprint density at radius 2 is 1.83 bits per heavy atom. The summed E-state index contributed by atoms with van der Waals surface area (Å²) in [4.78, 5) is 28.5. The molecule has 0 atom stereocenters. The molecular formula is C14H23N7O2. The molecule has 9 nitrogen and oxygen atoms in total. The third-order valence-corrected chi connectivity index (χ3v) is 4.34. The number of ether oxygens (including phenoxy) is 1. The maximum atomic E-state index is 11.2. The van der Waals surface area contributed by atoms with Gasteiger partial charge in [-0.15, -0.1) is 0 Å². The van der Waals surface area contributed by atoms with E-state index in [0.717, 1.165) is 39.0 Å². The number of carbonyl (C=O) groups excluding carboxylic acids is 1. The zero-order chi connectivity index (χ0) is 16.2. The first-order chi connectivity index (χ1) is 11.1. The number of piperidine rings is 1. The molecule has 4 N–H and O–H groups in total. The van der Waals surface area contributed by atoms with E-state index >= 15 is 0 Å². The van der Waals surface area contributed by atoms with Gasteiger partial charge in [0.05, 0.1) is 19.8 Å². The van der Waals surface area contributed by atoms with Crippen LogP contribution < -0.4 is 16.4 Å². The van der Waals surface area contributed by atoms with Gasteiger partial charge in [0, 0.05) is 19.0 Å². The molecule has 2 aliphatic rings. The number of nitrogens with two attached hydrogens (primary N) is 2. The molecule has 3 heterocycles. The monoisotopic (exact) mass is 321 g/mol. The van der Waals surface area contributed by atoms with Crippen molar-refractivity contribution in [2.24, 2.45) is 11.7 Å². The van der Waals surface area contributed by atoms with Crippen molar-refractivity contribution < 1.29 is 9.53 Å². The SMILES string of the molecule is NC(=O)C1CCN(Cc2nc(N)nc(N3CCOCC3)n2)CC1. The van der Waals surface area contributed by atoms with Crippen LogP contribution >= 0.6 is 0 Å². The van der Waals surface area contributed by atoms with Crippen LogP contribution in [0.2, 0.25) is 0 Å². The van der Waals surface area contributed by atoms with Crippen LogP contribution in [0.15, 0.2) is 0 Å². The quantitative estimate of drug-likeness (QED) is 0.723. The Hall–Kier alpha value is -2.00. The smallest absolute Gasteiger partial charge is 0.230 e. The second-order valence-corrected chi connectivity index (χ2v) is 5.96. The summed E-state index contributed by atoms with van der Waals surface area (Å²) in [6.07, 6.45) is 1.57. The lowest BCUT2D eigenvalue weighted by Crippen LogP contribution is -2.39. The number of amides is 1. The van der Waals surface area contributed by atoms with Gasteiger partial charge < -0.3 is 21.1 Å². The number of likely N-dealkylation sites (tertiary alicyclic amines) is 1. The van der Waals surface area contributed by atoms with Crippen LogP contribution in [0.1, 0.15) is 18.7 Å². The lowest BCUT2D eigenvalue weighted by Gasteiger charge is -2.30. The molecule has 0 aliphatic carbocycles. The number of primary amides is 1. The van der Waals surface area contributed by atoms with E-state index in [1.54, 1.807) is 0 Å². The van der Waals surface area contributed by atoms with Crippen molar-refractivity contribution in [2.75, 3.05) is 50.0 Å². The van der Waals surface area contributed by atoms with Crippen LogP contribution in [-0.2, 0) is 16.1 Å². The van der Waals surface area contributed by atoms with Gasteiger partial charge in [0.1, 0.15) is 5.82 Å². The van der Waals surface area contributed by atoms with Crippen molar-refractivity contribution in [3.63, 3.8) is 0 Å². The Morgan fingerprint density at radius 3 is 2.48 bits per heavy atom. The van der Waals surface area contributed by atoms with E-state index in [4.69, 9.17) is 16.2 Å². The summed E-state index contributed by atoms with van der Waals surface area (Å²) in [6, 6.07) is 0. The van der Waals surface area contributed by atoms with Gasteiger partial charge in [-0.05, 0) is 25.9 Å². The molecule has 2 saturated heterocycles. The molecule has 0 spiro atoms. The molecule has 1 aromatic heterocycles. The Labute approximate surface area is 135 Å². The molecule has 0 aromatic carbocycles. The van der Waals surface area contributed by atoms with Gasteiger partial charge in [-0.3, -0.25) is 9.69 Å². The van der Waals surface area contributed by atoms with Crippen molar-refractivity contribution in [3.05, 3.63) is 5.82 Å². The van der Waals surface area contributed by atoms with Crippen molar-refractivity contribution in [3.8, 4) is 0 Å². The number of morpholine rings is 1. The van der Waals surface area contributed by atoms with Crippen molar-refractivity contribution in [1.29, 1.82) is 0 Å². The maximum absolute atomic E-state index is 11.2. The van der Waals surface area contributed by atoms with Crippen molar-refractivity contribution >= 4 is 17.8 Å². The molecular weight excluding hydrogens is 298 g/mol. The summed E-state index contributed by atoms with van der Waals surface area (Å²) in [7, 11) is 0. The number of aromatic nitrogens is 3. The molecule has 23 heavy (non-hydrogen) atoms. The molecule has 3 rings (SSSR count). The van der Waals surface area contributed by atoms with E-state index in [9.17, 15) is 4.79 Å². The highest BCUT2D eigenvalue weighted by Crippen LogP contribution is 2.19. The van der Waals surface area contributed by atoms with Gasteiger partial charge in [0.25, 0.3) is 0 Å². The fourth-order valence-corrected chi connectivity index (χ4v) is 2.98. The van der Waals surface area contributed by atoms with Crippen LogP contribution in [0, 0.1) is 5.92 Å². The Morgan fingerprint density at radius 1 is 1.13 bits per heavy atom. The summed E-state index contributed by atoms with van der Waals surface area (Å²) in [6.45, 7) is 5.08. The zero-order valence-corrected chi connectivity index (χ0v) is 13.1. The molecule has 0 radical (unpaired) electrons. The minimum atomic E-state index is -0.205. The molecule has 1 aromatic rings. The number of hydrogen-bond acceptors (Lipinski definition) is 8. The lowest BCUT2D eigenvalue weighted by atomic mass is 9.96. The predicted molar refractivity (Wildman–Crippen MR) is 84.5 cm³/mol. The maximum Gasteiger partial charge on any atom is 0.230 e.